The van der Waals surface area contributed by atoms with Crippen molar-refractivity contribution < 1.29 is 18.1 Å². The summed E-state index contributed by atoms with van der Waals surface area (Å²) >= 11 is 0. The Hall–Kier alpha value is -2.01. The van der Waals surface area contributed by atoms with Crippen LogP contribution in [0, 0.1) is 6.92 Å². The molecule has 0 aromatic heterocycles. The van der Waals surface area contributed by atoms with Gasteiger partial charge in [0, 0.05) is 0 Å². The second-order valence-corrected chi connectivity index (χ2v) is 6.50. The van der Waals surface area contributed by atoms with Gasteiger partial charge in [0.25, 0.3) is 0 Å². The standard InChI is InChI=1S/C17H21N2O4P/c1-4-21-24(20,22-5-2)23-17-12-10-16(11-13-17)19-18-15-8-6-14(3)7-9-15/h6-13H,4-5H2,1-3H3. The molecule has 0 amide bonds. The van der Waals surface area contributed by atoms with Crippen LogP contribution in [0.15, 0.2) is 58.8 Å². The fraction of sp³-hybridized carbons (Fsp3) is 0.294. The first-order valence-corrected chi connectivity index (χ1v) is 9.18. The van der Waals surface area contributed by atoms with Gasteiger partial charge in [-0.25, -0.2) is 4.57 Å². The molecule has 0 saturated heterocycles. The van der Waals surface area contributed by atoms with E-state index in [-0.39, 0.29) is 13.2 Å². The molecule has 24 heavy (non-hydrogen) atoms. The third-order valence-corrected chi connectivity index (χ3v) is 4.53. The summed E-state index contributed by atoms with van der Waals surface area (Å²) in [6.07, 6.45) is 0. The van der Waals surface area contributed by atoms with E-state index in [1.54, 1.807) is 38.1 Å². The first kappa shape index (κ1) is 18.3. The van der Waals surface area contributed by atoms with E-state index in [1.807, 2.05) is 31.2 Å². The van der Waals surface area contributed by atoms with E-state index in [0.717, 1.165) is 5.69 Å². The van der Waals surface area contributed by atoms with Crippen molar-refractivity contribution in [1.82, 2.24) is 0 Å². The lowest BCUT2D eigenvalue weighted by Crippen LogP contribution is -2.02. The third kappa shape index (κ3) is 5.57. The van der Waals surface area contributed by atoms with Gasteiger partial charge in [-0.1, -0.05) is 17.7 Å². The summed E-state index contributed by atoms with van der Waals surface area (Å²) in [6.45, 7) is 5.94. The van der Waals surface area contributed by atoms with E-state index in [9.17, 15) is 4.57 Å². The van der Waals surface area contributed by atoms with Gasteiger partial charge in [-0.3, -0.25) is 9.05 Å². The molecule has 0 spiro atoms. The number of hydrogen-bond donors (Lipinski definition) is 0. The van der Waals surface area contributed by atoms with Gasteiger partial charge < -0.3 is 4.52 Å². The highest BCUT2D eigenvalue weighted by Crippen LogP contribution is 2.49. The predicted molar refractivity (Wildman–Crippen MR) is 93.3 cm³/mol. The molecule has 7 heteroatoms. The maximum atomic E-state index is 12.3. The summed E-state index contributed by atoms with van der Waals surface area (Å²) in [5, 5.41) is 8.32. The van der Waals surface area contributed by atoms with Crippen LogP contribution in [0.2, 0.25) is 0 Å². The second-order valence-electron chi connectivity index (χ2n) is 4.90. The van der Waals surface area contributed by atoms with Crippen LogP contribution in [0.1, 0.15) is 19.4 Å². The number of nitrogens with zero attached hydrogens (tertiary/aromatic N) is 2. The first-order valence-electron chi connectivity index (χ1n) is 7.72. The Kier molecular flexibility index (Phi) is 6.67. The number of benzene rings is 2. The number of phosphoric acid groups is 1. The molecule has 2 aromatic carbocycles. The Morgan fingerprint density at radius 1 is 0.833 bits per heavy atom. The second kappa shape index (κ2) is 8.73. The zero-order chi connectivity index (χ0) is 17.4. The van der Waals surface area contributed by atoms with Crippen molar-refractivity contribution in [3.63, 3.8) is 0 Å². The molecule has 0 heterocycles. The Labute approximate surface area is 142 Å². The predicted octanol–water partition coefficient (Wildman–Crippen LogP) is 5.97. The van der Waals surface area contributed by atoms with Crippen LogP contribution < -0.4 is 4.52 Å². The molecule has 2 aromatic rings. The Balaban J connectivity index is 2.04. The summed E-state index contributed by atoms with van der Waals surface area (Å²) in [6, 6.07) is 14.5. The highest BCUT2D eigenvalue weighted by atomic mass is 31.2. The molecule has 0 radical (unpaired) electrons. The Morgan fingerprint density at radius 3 is 1.75 bits per heavy atom. The van der Waals surface area contributed by atoms with Gasteiger partial charge in [0.1, 0.15) is 5.75 Å². The van der Waals surface area contributed by atoms with Gasteiger partial charge in [-0.15, -0.1) is 0 Å². The molecule has 0 fully saturated rings. The fourth-order valence-corrected chi connectivity index (χ4v) is 3.03. The van der Waals surface area contributed by atoms with Crippen molar-refractivity contribution in [3.05, 3.63) is 54.1 Å². The van der Waals surface area contributed by atoms with Gasteiger partial charge in [-0.05, 0) is 57.2 Å². The highest BCUT2D eigenvalue weighted by Gasteiger charge is 2.27. The summed E-state index contributed by atoms with van der Waals surface area (Å²) in [5.74, 6) is 0.384. The van der Waals surface area contributed by atoms with Crippen molar-refractivity contribution >= 4 is 19.2 Å². The quantitative estimate of drug-likeness (QED) is 0.435. The topological polar surface area (TPSA) is 69.5 Å². The zero-order valence-electron chi connectivity index (χ0n) is 14.0. The molecule has 0 aliphatic carbocycles. The van der Waals surface area contributed by atoms with E-state index >= 15 is 0 Å². The summed E-state index contributed by atoms with van der Waals surface area (Å²) in [7, 11) is -3.58. The molecule has 0 aliphatic rings. The minimum atomic E-state index is -3.58. The van der Waals surface area contributed by atoms with Gasteiger partial charge >= 0.3 is 7.82 Å². The molecule has 0 saturated carbocycles. The van der Waals surface area contributed by atoms with Crippen molar-refractivity contribution in [1.29, 1.82) is 0 Å². The van der Waals surface area contributed by atoms with Crippen LogP contribution in [-0.2, 0) is 13.6 Å². The first-order chi connectivity index (χ1) is 11.5. The van der Waals surface area contributed by atoms with Gasteiger partial charge in [0.15, 0.2) is 0 Å². The fourth-order valence-electron chi connectivity index (χ4n) is 1.84. The van der Waals surface area contributed by atoms with Crippen LogP contribution in [0.3, 0.4) is 0 Å². The smallest absolute Gasteiger partial charge is 0.404 e. The average Bonchev–Trinajstić information content (AvgIpc) is 2.56. The monoisotopic (exact) mass is 348 g/mol. The van der Waals surface area contributed by atoms with Crippen LogP contribution in [0.5, 0.6) is 5.75 Å². The Morgan fingerprint density at radius 2 is 1.29 bits per heavy atom. The zero-order valence-corrected chi connectivity index (χ0v) is 14.9. The molecule has 0 bridgehead atoms. The molecule has 0 aliphatic heterocycles. The SMILES string of the molecule is CCOP(=O)(OCC)Oc1ccc(N=Nc2ccc(C)cc2)cc1. The molecule has 0 atom stereocenters. The minimum absolute atomic E-state index is 0.236. The van der Waals surface area contributed by atoms with Crippen molar-refractivity contribution in [3.8, 4) is 5.75 Å². The summed E-state index contributed by atoms with van der Waals surface area (Å²) in [5.41, 5.74) is 2.60. The van der Waals surface area contributed by atoms with E-state index in [4.69, 9.17) is 13.6 Å². The Bertz CT molecular complexity index is 704. The molecule has 0 unspecified atom stereocenters. The number of azo groups is 1. The number of aryl methyl sites for hydroxylation is 1. The van der Waals surface area contributed by atoms with Crippen LogP contribution in [0.25, 0.3) is 0 Å². The van der Waals surface area contributed by atoms with E-state index in [1.165, 1.54) is 5.56 Å². The molecule has 6 nitrogen and oxygen atoms in total. The number of rotatable bonds is 8. The normalized spacial score (nSPS) is 11.8. The van der Waals surface area contributed by atoms with Crippen molar-refractivity contribution in [2.75, 3.05) is 13.2 Å². The maximum absolute atomic E-state index is 12.3. The van der Waals surface area contributed by atoms with Crippen LogP contribution >= 0.6 is 7.82 Å². The van der Waals surface area contributed by atoms with Crippen molar-refractivity contribution in [2.45, 2.75) is 20.8 Å². The lowest BCUT2D eigenvalue weighted by Gasteiger charge is -2.16. The molecule has 2 rings (SSSR count). The summed E-state index contributed by atoms with van der Waals surface area (Å²) < 4.78 is 27.8. The van der Waals surface area contributed by atoms with Crippen molar-refractivity contribution in [2.24, 2.45) is 10.2 Å². The number of phosphoric ester groups is 1. The molecule has 128 valence electrons. The molecule has 0 N–H and O–H groups in total. The lowest BCUT2D eigenvalue weighted by atomic mass is 10.2. The maximum Gasteiger partial charge on any atom is 0.530 e. The molecular formula is C17H21N2O4P. The molecular weight excluding hydrogens is 327 g/mol. The third-order valence-electron chi connectivity index (χ3n) is 2.94. The van der Waals surface area contributed by atoms with Gasteiger partial charge in [0.2, 0.25) is 0 Å². The summed E-state index contributed by atoms with van der Waals surface area (Å²) in [4.78, 5) is 0. The van der Waals surface area contributed by atoms with Gasteiger partial charge in [0.05, 0.1) is 24.6 Å². The number of hydrogen-bond acceptors (Lipinski definition) is 6. The van der Waals surface area contributed by atoms with Crippen LogP contribution in [0.4, 0.5) is 11.4 Å². The van der Waals surface area contributed by atoms with Gasteiger partial charge in [-0.2, -0.15) is 10.2 Å². The van der Waals surface area contributed by atoms with Crippen LogP contribution in [-0.4, -0.2) is 13.2 Å². The highest BCUT2D eigenvalue weighted by molar-refractivity contribution is 7.48. The van der Waals surface area contributed by atoms with E-state index < -0.39 is 7.82 Å². The van der Waals surface area contributed by atoms with E-state index in [0.29, 0.717) is 11.4 Å². The minimum Gasteiger partial charge on any atom is -0.404 e. The average molecular weight is 348 g/mol. The largest absolute Gasteiger partial charge is 0.530 e. The lowest BCUT2D eigenvalue weighted by molar-refractivity contribution is 0.167. The van der Waals surface area contributed by atoms with E-state index in [2.05, 4.69) is 10.2 Å².